The van der Waals surface area contributed by atoms with Gasteiger partial charge in [-0.2, -0.15) is 0 Å². The van der Waals surface area contributed by atoms with Gasteiger partial charge in [0.2, 0.25) is 16.9 Å². The Labute approximate surface area is 159 Å². The van der Waals surface area contributed by atoms with Crippen molar-refractivity contribution in [3.63, 3.8) is 0 Å². The van der Waals surface area contributed by atoms with Crippen molar-refractivity contribution < 1.29 is 14.3 Å². The van der Waals surface area contributed by atoms with Crippen LogP contribution in [0.2, 0.25) is 0 Å². The van der Waals surface area contributed by atoms with Crippen LogP contribution in [0.5, 0.6) is 11.5 Å². The Morgan fingerprint density at radius 2 is 2.07 bits per heavy atom. The van der Waals surface area contributed by atoms with Crippen LogP contribution in [0.4, 0.5) is 5.69 Å². The van der Waals surface area contributed by atoms with Crippen molar-refractivity contribution in [2.24, 2.45) is 0 Å². The van der Waals surface area contributed by atoms with E-state index in [9.17, 15) is 4.79 Å². The molecule has 0 aliphatic rings. The highest BCUT2D eigenvalue weighted by Crippen LogP contribution is 2.29. The van der Waals surface area contributed by atoms with Gasteiger partial charge in [0.05, 0.1) is 25.7 Å². The van der Waals surface area contributed by atoms with Crippen LogP contribution in [0.3, 0.4) is 0 Å². The zero-order valence-corrected chi connectivity index (χ0v) is 15.6. The number of ether oxygens (including phenoxy) is 2. The van der Waals surface area contributed by atoms with E-state index in [2.05, 4.69) is 20.5 Å². The van der Waals surface area contributed by atoms with Crippen LogP contribution in [0, 0.1) is 0 Å². The van der Waals surface area contributed by atoms with Gasteiger partial charge in [0.15, 0.2) is 0 Å². The molecule has 3 rings (SSSR count). The minimum atomic E-state index is -0.242. The second-order valence-electron chi connectivity index (χ2n) is 5.29. The average molecular weight is 386 g/mol. The van der Waals surface area contributed by atoms with E-state index in [1.807, 2.05) is 6.07 Å². The fraction of sp³-hybridized carbons (Fsp3) is 0.176. The van der Waals surface area contributed by atoms with Crippen molar-refractivity contribution >= 4 is 23.4 Å². The number of methoxy groups -OCH3 is 2. The molecule has 27 heavy (non-hydrogen) atoms. The number of carbonyl (C=O) groups excluding carboxylic acids is 1. The molecule has 3 N–H and O–H groups in total. The first-order valence-electron chi connectivity index (χ1n) is 7.89. The predicted octanol–water partition coefficient (Wildman–Crippen LogP) is 1.80. The Morgan fingerprint density at radius 1 is 1.22 bits per heavy atom. The molecule has 3 aromatic rings. The van der Waals surface area contributed by atoms with Gasteiger partial charge in [-0.25, -0.2) is 4.68 Å². The second kappa shape index (κ2) is 8.41. The SMILES string of the molecule is COc1ccc(OC)c(NC(=O)CSc2nnc(-c3ccccn3)n2N)c1. The van der Waals surface area contributed by atoms with Crippen LogP contribution in [0.1, 0.15) is 0 Å². The van der Waals surface area contributed by atoms with Gasteiger partial charge in [0.25, 0.3) is 0 Å². The molecule has 0 saturated carbocycles. The van der Waals surface area contributed by atoms with Crippen molar-refractivity contribution in [3.8, 4) is 23.0 Å². The molecule has 9 nitrogen and oxygen atoms in total. The average Bonchev–Trinajstić information content (AvgIpc) is 3.07. The quantitative estimate of drug-likeness (QED) is 0.466. The highest BCUT2D eigenvalue weighted by atomic mass is 32.2. The van der Waals surface area contributed by atoms with Gasteiger partial charge in [-0.1, -0.05) is 17.8 Å². The molecule has 10 heteroatoms. The largest absolute Gasteiger partial charge is 0.497 e. The van der Waals surface area contributed by atoms with E-state index in [4.69, 9.17) is 15.3 Å². The summed E-state index contributed by atoms with van der Waals surface area (Å²) >= 11 is 1.17. The lowest BCUT2D eigenvalue weighted by Gasteiger charge is -2.11. The lowest BCUT2D eigenvalue weighted by atomic mass is 10.2. The molecule has 2 aromatic heterocycles. The minimum Gasteiger partial charge on any atom is -0.497 e. The molecule has 140 valence electrons. The van der Waals surface area contributed by atoms with Crippen molar-refractivity contribution in [1.82, 2.24) is 19.9 Å². The third-order valence-electron chi connectivity index (χ3n) is 3.57. The molecule has 1 amide bonds. The highest BCUT2D eigenvalue weighted by molar-refractivity contribution is 7.99. The van der Waals surface area contributed by atoms with E-state index in [1.165, 1.54) is 23.5 Å². The molecule has 0 fully saturated rings. The van der Waals surface area contributed by atoms with Crippen molar-refractivity contribution in [3.05, 3.63) is 42.6 Å². The molecule has 0 saturated heterocycles. The Bertz CT molecular complexity index is 932. The number of aromatic nitrogens is 4. The molecule has 0 spiro atoms. The number of anilines is 1. The number of amides is 1. The fourth-order valence-electron chi connectivity index (χ4n) is 2.27. The van der Waals surface area contributed by atoms with Crippen molar-refractivity contribution in [2.75, 3.05) is 31.1 Å². The summed E-state index contributed by atoms with van der Waals surface area (Å²) in [6.07, 6.45) is 1.64. The molecular formula is C17H18N6O3S. The number of carbonyl (C=O) groups is 1. The lowest BCUT2D eigenvalue weighted by molar-refractivity contribution is -0.113. The molecule has 0 aliphatic heterocycles. The van der Waals surface area contributed by atoms with Crippen molar-refractivity contribution in [1.29, 1.82) is 0 Å². The number of nitrogen functional groups attached to an aromatic ring is 1. The van der Waals surface area contributed by atoms with Crippen LogP contribution in [0.15, 0.2) is 47.8 Å². The van der Waals surface area contributed by atoms with E-state index in [0.29, 0.717) is 33.9 Å². The van der Waals surface area contributed by atoms with Crippen LogP contribution in [0.25, 0.3) is 11.5 Å². The first-order chi connectivity index (χ1) is 13.1. The van der Waals surface area contributed by atoms with Gasteiger partial charge in [0, 0.05) is 12.3 Å². The second-order valence-corrected chi connectivity index (χ2v) is 6.24. The van der Waals surface area contributed by atoms with Gasteiger partial charge in [-0.3, -0.25) is 9.78 Å². The summed E-state index contributed by atoms with van der Waals surface area (Å²) in [6, 6.07) is 10.6. The fourth-order valence-corrected chi connectivity index (χ4v) is 2.93. The summed E-state index contributed by atoms with van der Waals surface area (Å²) in [5, 5.41) is 11.2. The smallest absolute Gasteiger partial charge is 0.234 e. The summed E-state index contributed by atoms with van der Waals surface area (Å²) in [4.78, 5) is 16.5. The summed E-state index contributed by atoms with van der Waals surface area (Å²) in [5.41, 5.74) is 1.12. The third-order valence-corrected chi connectivity index (χ3v) is 4.51. The standard InChI is InChI=1S/C17H18N6O3S/c1-25-11-6-7-14(26-2)13(9-11)20-15(24)10-27-17-22-21-16(23(17)18)12-5-3-4-8-19-12/h3-9H,10,18H2,1-2H3,(H,20,24). The number of thioether (sulfide) groups is 1. The molecule has 0 atom stereocenters. The molecule has 1 aromatic carbocycles. The Balaban J connectivity index is 1.66. The first kappa shape index (κ1) is 18.5. The topological polar surface area (TPSA) is 117 Å². The number of nitrogens with zero attached hydrogens (tertiary/aromatic N) is 4. The molecule has 0 radical (unpaired) electrons. The van der Waals surface area contributed by atoms with E-state index >= 15 is 0 Å². The summed E-state index contributed by atoms with van der Waals surface area (Å²) in [6.45, 7) is 0. The van der Waals surface area contributed by atoms with Gasteiger partial charge in [0.1, 0.15) is 17.2 Å². The maximum atomic E-state index is 12.3. The van der Waals surface area contributed by atoms with E-state index in [1.54, 1.807) is 43.6 Å². The Hall–Kier alpha value is -3.27. The van der Waals surface area contributed by atoms with E-state index in [-0.39, 0.29) is 11.7 Å². The highest BCUT2D eigenvalue weighted by Gasteiger charge is 2.15. The van der Waals surface area contributed by atoms with Crippen molar-refractivity contribution in [2.45, 2.75) is 5.16 Å². The Kier molecular flexibility index (Phi) is 5.77. The predicted molar refractivity (Wildman–Crippen MR) is 102 cm³/mol. The van der Waals surface area contributed by atoms with Crippen LogP contribution in [-0.2, 0) is 4.79 Å². The number of pyridine rings is 1. The molecule has 0 aliphatic carbocycles. The summed E-state index contributed by atoms with van der Waals surface area (Å²) in [5.74, 6) is 7.45. The zero-order chi connectivity index (χ0) is 19.2. The number of nitrogens with two attached hydrogens (primary N) is 1. The van der Waals surface area contributed by atoms with Crippen LogP contribution in [-0.4, -0.2) is 45.7 Å². The van der Waals surface area contributed by atoms with Gasteiger partial charge in [-0.15, -0.1) is 10.2 Å². The minimum absolute atomic E-state index is 0.0952. The van der Waals surface area contributed by atoms with E-state index < -0.39 is 0 Å². The molecule has 0 unspecified atom stereocenters. The number of hydrogen-bond donors (Lipinski definition) is 2. The lowest BCUT2D eigenvalue weighted by Crippen LogP contribution is -2.17. The zero-order valence-electron chi connectivity index (χ0n) is 14.7. The Morgan fingerprint density at radius 3 is 2.78 bits per heavy atom. The maximum Gasteiger partial charge on any atom is 0.234 e. The normalized spacial score (nSPS) is 10.4. The van der Waals surface area contributed by atoms with Gasteiger partial charge >= 0.3 is 0 Å². The van der Waals surface area contributed by atoms with Gasteiger partial charge in [-0.05, 0) is 24.3 Å². The molecule has 0 bridgehead atoms. The number of hydrogen-bond acceptors (Lipinski definition) is 8. The molecular weight excluding hydrogens is 368 g/mol. The van der Waals surface area contributed by atoms with Crippen LogP contribution >= 0.6 is 11.8 Å². The monoisotopic (exact) mass is 386 g/mol. The number of nitrogens with one attached hydrogen (secondary N) is 1. The summed E-state index contributed by atoms with van der Waals surface area (Å²) in [7, 11) is 3.08. The first-order valence-corrected chi connectivity index (χ1v) is 8.87. The van der Waals surface area contributed by atoms with Gasteiger partial charge < -0.3 is 20.6 Å². The van der Waals surface area contributed by atoms with E-state index in [0.717, 1.165) is 0 Å². The maximum absolute atomic E-state index is 12.3. The summed E-state index contributed by atoms with van der Waals surface area (Å²) < 4.78 is 11.7. The van der Waals surface area contributed by atoms with Crippen LogP contribution < -0.4 is 20.6 Å². The third kappa shape index (κ3) is 4.29. The molecule has 2 heterocycles. The number of rotatable bonds is 7. The number of benzene rings is 1.